The molecule has 2 rings (SSSR count). The Labute approximate surface area is 135 Å². The molecule has 5 nitrogen and oxygen atoms in total. The first-order chi connectivity index (χ1) is 10.7. The van der Waals surface area contributed by atoms with Gasteiger partial charge in [-0.2, -0.15) is 0 Å². The van der Waals surface area contributed by atoms with Crippen molar-refractivity contribution in [3.05, 3.63) is 35.1 Å². The van der Waals surface area contributed by atoms with Crippen LogP contribution in [0.1, 0.15) is 44.4 Å². The van der Waals surface area contributed by atoms with Gasteiger partial charge in [0.1, 0.15) is 24.1 Å². The number of nitrogens with one attached hydrogen (secondary N) is 1. The zero-order valence-corrected chi connectivity index (χ0v) is 13.8. The third-order valence-corrected chi connectivity index (χ3v) is 3.40. The van der Waals surface area contributed by atoms with Crippen molar-refractivity contribution in [1.29, 1.82) is 0 Å². The van der Waals surface area contributed by atoms with Crippen molar-refractivity contribution >= 4 is 11.9 Å². The lowest BCUT2D eigenvalue weighted by Gasteiger charge is -2.32. The van der Waals surface area contributed by atoms with Crippen molar-refractivity contribution in [3.63, 3.8) is 0 Å². The van der Waals surface area contributed by atoms with Crippen LogP contribution in [0.2, 0.25) is 0 Å². The molecule has 23 heavy (non-hydrogen) atoms. The fourth-order valence-corrected chi connectivity index (χ4v) is 2.48. The molecule has 126 valence electrons. The average molecular weight is 323 g/mol. The number of halogens is 1. The van der Waals surface area contributed by atoms with E-state index in [1.165, 1.54) is 6.07 Å². The molecule has 1 heterocycles. The second kappa shape index (κ2) is 6.66. The van der Waals surface area contributed by atoms with E-state index in [1.54, 1.807) is 32.9 Å². The molecular weight excluding hydrogens is 301 g/mol. The van der Waals surface area contributed by atoms with Gasteiger partial charge in [0.2, 0.25) is 0 Å². The molecular formula is C17H22FNO4. The summed E-state index contributed by atoms with van der Waals surface area (Å²) in [5.74, 6) is -0.568. The van der Waals surface area contributed by atoms with E-state index < -0.39 is 29.7 Å². The van der Waals surface area contributed by atoms with Gasteiger partial charge in [-0.25, -0.2) is 9.18 Å². The highest BCUT2D eigenvalue weighted by Crippen LogP contribution is 2.30. The number of aryl methyl sites for hydroxylation is 1. The van der Waals surface area contributed by atoms with Gasteiger partial charge in [0.25, 0.3) is 0 Å². The summed E-state index contributed by atoms with van der Waals surface area (Å²) in [6, 6.07) is 4.01. The topological polar surface area (TPSA) is 64.6 Å². The molecule has 1 saturated heterocycles. The van der Waals surface area contributed by atoms with Crippen LogP contribution in [0, 0.1) is 12.7 Å². The first kappa shape index (κ1) is 17.4. The molecule has 0 radical (unpaired) electrons. The summed E-state index contributed by atoms with van der Waals surface area (Å²) < 4.78 is 24.8. The number of alkyl carbamates (subject to hydrolysis) is 1. The standard InChI is InChI=1S/C17H22FNO4/c1-10-5-6-13(18)12(7-10)15-14(8-11(20)9-22-15)19-16(21)23-17(2,3)4/h5-7,14-15H,8-9H2,1-4H3,(H,19,21)/t14-,15+/m0/s1. The summed E-state index contributed by atoms with van der Waals surface area (Å²) in [5.41, 5.74) is 0.546. The number of Topliss-reactive ketones (excluding diaryl/α,β-unsaturated/α-hetero) is 1. The van der Waals surface area contributed by atoms with Crippen LogP contribution in [-0.2, 0) is 14.3 Å². The number of rotatable bonds is 2. The average Bonchev–Trinajstić information content (AvgIpc) is 2.40. The first-order valence-corrected chi connectivity index (χ1v) is 7.54. The highest BCUT2D eigenvalue weighted by Gasteiger charge is 2.35. The van der Waals surface area contributed by atoms with Crippen LogP contribution >= 0.6 is 0 Å². The number of hydrogen-bond donors (Lipinski definition) is 1. The van der Waals surface area contributed by atoms with Crippen LogP contribution in [-0.4, -0.2) is 30.1 Å². The molecule has 1 aromatic carbocycles. The summed E-state index contributed by atoms with van der Waals surface area (Å²) >= 11 is 0. The van der Waals surface area contributed by atoms with E-state index in [0.29, 0.717) is 5.56 Å². The van der Waals surface area contributed by atoms with Gasteiger partial charge in [0.05, 0.1) is 6.04 Å². The Morgan fingerprint density at radius 2 is 2.09 bits per heavy atom. The van der Waals surface area contributed by atoms with E-state index in [0.717, 1.165) is 5.56 Å². The summed E-state index contributed by atoms with van der Waals surface area (Å²) in [6.45, 7) is 6.98. The summed E-state index contributed by atoms with van der Waals surface area (Å²) in [4.78, 5) is 23.6. The van der Waals surface area contributed by atoms with E-state index in [9.17, 15) is 14.0 Å². The molecule has 0 aromatic heterocycles. The fraction of sp³-hybridized carbons (Fsp3) is 0.529. The highest BCUT2D eigenvalue weighted by molar-refractivity contribution is 5.82. The predicted octanol–water partition coefficient (Wildman–Crippen LogP) is 3.06. The number of carbonyl (C=O) groups excluding carboxylic acids is 2. The molecule has 1 aromatic rings. The maximum atomic E-state index is 14.1. The van der Waals surface area contributed by atoms with Gasteiger partial charge in [-0.3, -0.25) is 4.79 Å². The number of ketones is 1. The Morgan fingerprint density at radius 3 is 2.74 bits per heavy atom. The maximum absolute atomic E-state index is 14.1. The van der Waals surface area contributed by atoms with Crippen LogP contribution in [0.5, 0.6) is 0 Å². The Bertz CT molecular complexity index is 609. The minimum Gasteiger partial charge on any atom is -0.444 e. The van der Waals surface area contributed by atoms with Crippen molar-refractivity contribution in [2.75, 3.05) is 6.61 Å². The lowest BCUT2D eigenvalue weighted by atomic mass is 9.94. The SMILES string of the molecule is Cc1ccc(F)c([C@H]2OCC(=O)C[C@@H]2NC(=O)OC(C)(C)C)c1. The third-order valence-electron chi connectivity index (χ3n) is 3.40. The number of amides is 1. The number of benzene rings is 1. The minimum atomic E-state index is -0.722. The Kier molecular flexibility index (Phi) is 5.04. The molecule has 1 N–H and O–H groups in total. The quantitative estimate of drug-likeness (QED) is 0.908. The smallest absolute Gasteiger partial charge is 0.407 e. The van der Waals surface area contributed by atoms with Gasteiger partial charge in [-0.05, 0) is 33.8 Å². The lowest BCUT2D eigenvalue weighted by Crippen LogP contribution is -2.47. The molecule has 1 aliphatic rings. The van der Waals surface area contributed by atoms with Crippen molar-refractivity contribution in [3.8, 4) is 0 Å². The third kappa shape index (κ3) is 4.76. The number of ether oxygens (including phenoxy) is 2. The van der Waals surface area contributed by atoms with E-state index in [1.807, 2.05) is 6.92 Å². The molecule has 6 heteroatoms. The van der Waals surface area contributed by atoms with E-state index in [-0.39, 0.29) is 18.8 Å². The molecule has 2 atom stereocenters. The van der Waals surface area contributed by atoms with Crippen LogP contribution in [0.3, 0.4) is 0 Å². The van der Waals surface area contributed by atoms with Crippen molar-refractivity contribution in [1.82, 2.24) is 5.32 Å². The Balaban J connectivity index is 2.21. The van der Waals surface area contributed by atoms with E-state index in [4.69, 9.17) is 9.47 Å². The zero-order valence-electron chi connectivity index (χ0n) is 13.8. The molecule has 1 aliphatic heterocycles. The lowest BCUT2D eigenvalue weighted by molar-refractivity contribution is -0.133. The zero-order chi connectivity index (χ0) is 17.2. The van der Waals surface area contributed by atoms with E-state index >= 15 is 0 Å². The molecule has 0 unspecified atom stereocenters. The molecule has 0 aliphatic carbocycles. The van der Waals surface area contributed by atoms with Gasteiger partial charge in [-0.1, -0.05) is 17.7 Å². The van der Waals surface area contributed by atoms with Gasteiger partial charge in [0, 0.05) is 12.0 Å². The van der Waals surface area contributed by atoms with Crippen molar-refractivity contribution in [2.24, 2.45) is 0 Å². The van der Waals surface area contributed by atoms with Crippen LogP contribution in [0.15, 0.2) is 18.2 Å². The second-order valence-corrected chi connectivity index (χ2v) is 6.75. The monoisotopic (exact) mass is 323 g/mol. The fourth-order valence-electron chi connectivity index (χ4n) is 2.48. The van der Waals surface area contributed by atoms with Crippen molar-refractivity contribution in [2.45, 2.75) is 51.9 Å². The largest absolute Gasteiger partial charge is 0.444 e. The molecule has 0 saturated carbocycles. The van der Waals surface area contributed by atoms with Gasteiger partial charge in [0.15, 0.2) is 5.78 Å². The Hall–Kier alpha value is -1.95. The predicted molar refractivity (Wildman–Crippen MR) is 82.6 cm³/mol. The summed E-state index contributed by atoms with van der Waals surface area (Å²) in [6.07, 6.45) is -1.30. The Morgan fingerprint density at radius 1 is 1.39 bits per heavy atom. The number of hydrogen-bond acceptors (Lipinski definition) is 4. The van der Waals surface area contributed by atoms with Gasteiger partial charge < -0.3 is 14.8 Å². The van der Waals surface area contributed by atoms with Crippen LogP contribution in [0.25, 0.3) is 0 Å². The minimum absolute atomic E-state index is 0.0806. The highest BCUT2D eigenvalue weighted by atomic mass is 19.1. The second-order valence-electron chi connectivity index (χ2n) is 6.75. The molecule has 0 bridgehead atoms. The molecule has 0 spiro atoms. The van der Waals surface area contributed by atoms with Crippen LogP contribution < -0.4 is 5.32 Å². The van der Waals surface area contributed by atoms with Crippen molar-refractivity contribution < 1.29 is 23.5 Å². The summed E-state index contributed by atoms with van der Waals surface area (Å²) in [5, 5.41) is 2.63. The number of carbonyl (C=O) groups is 2. The van der Waals surface area contributed by atoms with Crippen LogP contribution in [0.4, 0.5) is 9.18 Å². The normalized spacial score (nSPS) is 21.9. The molecule has 1 fully saturated rings. The first-order valence-electron chi connectivity index (χ1n) is 7.54. The maximum Gasteiger partial charge on any atom is 0.407 e. The molecule has 1 amide bonds. The summed E-state index contributed by atoms with van der Waals surface area (Å²) in [7, 11) is 0. The van der Waals surface area contributed by atoms with Gasteiger partial charge in [-0.15, -0.1) is 0 Å². The van der Waals surface area contributed by atoms with E-state index in [2.05, 4.69) is 5.32 Å². The van der Waals surface area contributed by atoms with Gasteiger partial charge >= 0.3 is 6.09 Å².